The van der Waals surface area contributed by atoms with E-state index in [2.05, 4.69) is 5.32 Å². The summed E-state index contributed by atoms with van der Waals surface area (Å²) in [4.78, 5) is 2.04. The van der Waals surface area contributed by atoms with Crippen LogP contribution in [0.3, 0.4) is 0 Å². The molecular weight excluding hydrogens is 255 g/mol. The SMILES string of the molecule is CCN(CC)c1cc(CNCC2CCCO2)ccc1F. The average Bonchev–Trinajstić information content (AvgIpc) is 2.96. The van der Waals surface area contributed by atoms with E-state index in [1.165, 1.54) is 0 Å². The van der Waals surface area contributed by atoms with Crippen molar-refractivity contribution >= 4 is 5.69 Å². The molecule has 1 aromatic rings. The Morgan fingerprint density at radius 3 is 2.80 bits per heavy atom. The molecule has 1 atom stereocenters. The molecule has 0 radical (unpaired) electrons. The number of nitrogens with one attached hydrogen (secondary N) is 1. The highest BCUT2D eigenvalue weighted by atomic mass is 19.1. The predicted octanol–water partition coefficient (Wildman–Crippen LogP) is 2.94. The van der Waals surface area contributed by atoms with Crippen LogP contribution in [0, 0.1) is 5.82 Å². The van der Waals surface area contributed by atoms with Crippen LogP contribution in [-0.2, 0) is 11.3 Å². The molecule has 0 saturated carbocycles. The summed E-state index contributed by atoms with van der Waals surface area (Å²) in [5.41, 5.74) is 1.82. The molecule has 1 heterocycles. The maximum Gasteiger partial charge on any atom is 0.146 e. The molecule has 0 bridgehead atoms. The van der Waals surface area contributed by atoms with Gasteiger partial charge in [0.2, 0.25) is 0 Å². The topological polar surface area (TPSA) is 24.5 Å². The Morgan fingerprint density at radius 2 is 2.15 bits per heavy atom. The molecule has 112 valence electrons. The average molecular weight is 280 g/mol. The molecule has 1 saturated heterocycles. The van der Waals surface area contributed by atoms with Crippen molar-refractivity contribution in [2.45, 2.75) is 39.3 Å². The lowest BCUT2D eigenvalue weighted by molar-refractivity contribution is 0.110. The Hall–Kier alpha value is -1.13. The normalized spacial score (nSPS) is 18.4. The van der Waals surface area contributed by atoms with Crippen molar-refractivity contribution in [2.24, 2.45) is 0 Å². The third kappa shape index (κ3) is 3.93. The first kappa shape index (κ1) is 15.3. The van der Waals surface area contributed by atoms with Crippen molar-refractivity contribution in [3.8, 4) is 0 Å². The van der Waals surface area contributed by atoms with Gasteiger partial charge in [0.15, 0.2) is 0 Å². The van der Waals surface area contributed by atoms with Crippen LogP contribution in [-0.4, -0.2) is 32.3 Å². The first-order valence-electron chi connectivity index (χ1n) is 7.60. The van der Waals surface area contributed by atoms with Crippen molar-refractivity contribution in [1.82, 2.24) is 5.32 Å². The molecule has 20 heavy (non-hydrogen) atoms. The number of nitrogens with zero attached hydrogens (tertiary/aromatic N) is 1. The van der Waals surface area contributed by atoms with Crippen LogP contribution in [0.4, 0.5) is 10.1 Å². The van der Waals surface area contributed by atoms with Crippen LogP contribution < -0.4 is 10.2 Å². The Balaban J connectivity index is 1.92. The third-order valence-corrected chi connectivity index (χ3v) is 3.84. The van der Waals surface area contributed by atoms with Crippen molar-refractivity contribution in [2.75, 3.05) is 31.1 Å². The van der Waals surface area contributed by atoms with Gasteiger partial charge < -0.3 is 15.0 Å². The van der Waals surface area contributed by atoms with E-state index in [4.69, 9.17) is 4.74 Å². The Labute approximate surface area is 121 Å². The Bertz CT molecular complexity index is 415. The molecule has 1 aliphatic heterocycles. The van der Waals surface area contributed by atoms with Crippen LogP contribution in [0.25, 0.3) is 0 Å². The van der Waals surface area contributed by atoms with Crippen molar-refractivity contribution in [1.29, 1.82) is 0 Å². The molecule has 1 N–H and O–H groups in total. The fourth-order valence-electron chi connectivity index (χ4n) is 2.66. The lowest BCUT2D eigenvalue weighted by Crippen LogP contribution is -2.26. The fourth-order valence-corrected chi connectivity index (χ4v) is 2.66. The standard InChI is InChI=1S/C16H25FN2O/c1-3-19(4-2)16-10-13(7-8-15(16)17)11-18-12-14-6-5-9-20-14/h7-8,10,14,18H,3-6,9,11-12H2,1-2H3. The smallest absolute Gasteiger partial charge is 0.146 e. The Morgan fingerprint density at radius 1 is 1.35 bits per heavy atom. The highest BCUT2D eigenvalue weighted by Crippen LogP contribution is 2.21. The van der Waals surface area contributed by atoms with Crippen LogP contribution in [0.1, 0.15) is 32.3 Å². The molecule has 2 rings (SSSR count). The van der Waals surface area contributed by atoms with E-state index in [-0.39, 0.29) is 5.82 Å². The quantitative estimate of drug-likeness (QED) is 0.831. The maximum absolute atomic E-state index is 13.9. The molecule has 1 fully saturated rings. The van der Waals surface area contributed by atoms with E-state index >= 15 is 0 Å². The van der Waals surface area contributed by atoms with Crippen LogP contribution in [0.15, 0.2) is 18.2 Å². The summed E-state index contributed by atoms with van der Waals surface area (Å²) in [6.45, 7) is 8.25. The van der Waals surface area contributed by atoms with Crippen molar-refractivity contribution < 1.29 is 9.13 Å². The van der Waals surface area contributed by atoms with Gasteiger partial charge in [0.25, 0.3) is 0 Å². The lowest BCUT2D eigenvalue weighted by Gasteiger charge is -2.22. The maximum atomic E-state index is 13.9. The van der Waals surface area contributed by atoms with Gasteiger partial charge in [0.05, 0.1) is 11.8 Å². The van der Waals surface area contributed by atoms with Gasteiger partial charge in [0, 0.05) is 32.8 Å². The van der Waals surface area contributed by atoms with Crippen molar-refractivity contribution in [3.05, 3.63) is 29.6 Å². The largest absolute Gasteiger partial charge is 0.377 e. The predicted molar refractivity (Wildman–Crippen MR) is 80.6 cm³/mol. The Kier molecular flexibility index (Phi) is 5.80. The van der Waals surface area contributed by atoms with Gasteiger partial charge in [-0.3, -0.25) is 0 Å². The van der Waals surface area contributed by atoms with Gasteiger partial charge in [-0.2, -0.15) is 0 Å². The lowest BCUT2D eigenvalue weighted by atomic mass is 10.1. The van der Waals surface area contributed by atoms with E-state index in [1.54, 1.807) is 6.07 Å². The monoisotopic (exact) mass is 280 g/mol. The number of halogens is 1. The van der Waals surface area contributed by atoms with Crippen LogP contribution in [0.2, 0.25) is 0 Å². The summed E-state index contributed by atoms with van der Waals surface area (Å²) in [6, 6.07) is 5.37. The first-order chi connectivity index (χ1) is 9.74. The summed E-state index contributed by atoms with van der Waals surface area (Å²) in [5, 5.41) is 3.40. The molecule has 1 aliphatic rings. The molecule has 1 aromatic carbocycles. The molecular formula is C16H25FN2O. The second-order valence-electron chi connectivity index (χ2n) is 5.22. The van der Waals surface area contributed by atoms with E-state index < -0.39 is 0 Å². The number of hydrogen-bond acceptors (Lipinski definition) is 3. The van der Waals surface area contributed by atoms with E-state index in [0.29, 0.717) is 11.8 Å². The summed E-state index contributed by atoms with van der Waals surface area (Å²) >= 11 is 0. The minimum atomic E-state index is -0.142. The molecule has 0 amide bonds. The first-order valence-corrected chi connectivity index (χ1v) is 7.60. The summed E-state index contributed by atoms with van der Waals surface area (Å²) in [7, 11) is 0. The molecule has 0 aliphatic carbocycles. The molecule has 1 unspecified atom stereocenters. The number of rotatable bonds is 7. The van der Waals surface area contributed by atoms with Gasteiger partial charge >= 0.3 is 0 Å². The van der Waals surface area contributed by atoms with Crippen molar-refractivity contribution in [3.63, 3.8) is 0 Å². The number of benzene rings is 1. The van der Waals surface area contributed by atoms with E-state index in [1.807, 2.05) is 30.9 Å². The number of anilines is 1. The van der Waals surface area contributed by atoms with Gasteiger partial charge in [-0.15, -0.1) is 0 Å². The highest BCUT2D eigenvalue weighted by Gasteiger charge is 2.15. The van der Waals surface area contributed by atoms with Crippen LogP contribution >= 0.6 is 0 Å². The highest BCUT2D eigenvalue weighted by molar-refractivity contribution is 5.49. The zero-order chi connectivity index (χ0) is 14.4. The fraction of sp³-hybridized carbons (Fsp3) is 0.625. The zero-order valence-corrected chi connectivity index (χ0v) is 12.5. The second-order valence-corrected chi connectivity index (χ2v) is 5.22. The molecule has 4 heteroatoms. The number of ether oxygens (including phenoxy) is 1. The van der Waals surface area contributed by atoms with Gasteiger partial charge in [-0.25, -0.2) is 4.39 Å². The third-order valence-electron chi connectivity index (χ3n) is 3.84. The van der Waals surface area contributed by atoms with Gasteiger partial charge in [0.1, 0.15) is 5.82 Å². The van der Waals surface area contributed by atoms with E-state index in [0.717, 1.165) is 51.2 Å². The van der Waals surface area contributed by atoms with E-state index in [9.17, 15) is 4.39 Å². The molecule has 0 spiro atoms. The van der Waals surface area contributed by atoms with Gasteiger partial charge in [-0.05, 0) is 44.4 Å². The summed E-state index contributed by atoms with van der Waals surface area (Å²) < 4.78 is 19.5. The van der Waals surface area contributed by atoms with Crippen LogP contribution in [0.5, 0.6) is 0 Å². The molecule has 3 nitrogen and oxygen atoms in total. The zero-order valence-electron chi connectivity index (χ0n) is 12.5. The molecule has 0 aromatic heterocycles. The summed E-state index contributed by atoms with van der Waals surface area (Å²) in [5.74, 6) is -0.142. The summed E-state index contributed by atoms with van der Waals surface area (Å²) in [6.07, 6.45) is 2.65. The minimum absolute atomic E-state index is 0.142. The number of hydrogen-bond donors (Lipinski definition) is 1. The second kappa shape index (κ2) is 7.60. The van der Waals surface area contributed by atoms with Gasteiger partial charge in [-0.1, -0.05) is 6.07 Å². The minimum Gasteiger partial charge on any atom is -0.377 e.